The molecule has 28 heavy (non-hydrogen) atoms. The molecule has 8 heteroatoms. The Bertz CT molecular complexity index is 786. The molecule has 0 spiro atoms. The zero-order valence-electron chi connectivity index (χ0n) is 16.1. The summed E-state index contributed by atoms with van der Waals surface area (Å²) in [7, 11) is 0. The van der Waals surface area contributed by atoms with Crippen LogP contribution in [0.4, 0.5) is 17.6 Å². The molecule has 4 heterocycles. The summed E-state index contributed by atoms with van der Waals surface area (Å²) in [6.45, 7) is 4.84. The summed E-state index contributed by atoms with van der Waals surface area (Å²) in [5, 5.41) is 6.91. The van der Waals surface area contributed by atoms with Gasteiger partial charge in [0.1, 0.15) is 11.6 Å². The molecule has 0 saturated carbocycles. The van der Waals surface area contributed by atoms with Gasteiger partial charge in [0.25, 0.3) is 0 Å². The summed E-state index contributed by atoms with van der Waals surface area (Å²) >= 11 is 5.46. The quantitative estimate of drug-likeness (QED) is 0.747. The Hall–Kier alpha value is -2.48. The lowest BCUT2D eigenvalue weighted by Gasteiger charge is -2.29. The minimum atomic E-state index is 0.520. The lowest BCUT2D eigenvalue weighted by atomic mass is 10.1. The van der Waals surface area contributed by atoms with E-state index in [0.717, 1.165) is 43.4 Å². The fourth-order valence-corrected chi connectivity index (χ4v) is 3.87. The number of rotatable bonds is 5. The highest BCUT2D eigenvalue weighted by Crippen LogP contribution is 2.26. The topological polar surface area (TPSA) is 69.2 Å². The maximum absolute atomic E-state index is 5.46. The van der Waals surface area contributed by atoms with Crippen molar-refractivity contribution in [3.63, 3.8) is 0 Å². The third kappa shape index (κ3) is 4.86. The van der Waals surface area contributed by atoms with E-state index in [4.69, 9.17) is 22.2 Å². The van der Waals surface area contributed by atoms with E-state index in [2.05, 4.69) is 31.5 Å². The molecule has 2 fully saturated rings. The van der Waals surface area contributed by atoms with Crippen molar-refractivity contribution in [2.45, 2.75) is 38.6 Å². The van der Waals surface area contributed by atoms with E-state index in [1.165, 1.54) is 32.1 Å². The van der Waals surface area contributed by atoms with Crippen LogP contribution >= 0.6 is 12.2 Å². The van der Waals surface area contributed by atoms with E-state index in [0.29, 0.717) is 17.6 Å². The van der Waals surface area contributed by atoms with Gasteiger partial charge in [0.2, 0.25) is 5.95 Å². The van der Waals surface area contributed by atoms with Gasteiger partial charge in [-0.1, -0.05) is 6.07 Å². The predicted octanol–water partition coefficient (Wildman–Crippen LogP) is 2.95. The highest BCUT2D eigenvalue weighted by atomic mass is 32.1. The van der Waals surface area contributed by atoms with Gasteiger partial charge in [-0.05, 0) is 56.0 Å². The predicted molar refractivity (Wildman–Crippen MR) is 117 cm³/mol. The van der Waals surface area contributed by atoms with Crippen molar-refractivity contribution in [2.75, 3.05) is 41.3 Å². The Labute approximate surface area is 171 Å². The first-order valence-corrected chi connectivity index (χ1v) is 10.5. The SMILES string of the molecule is S=C(NCc1cccnc1)Nc1nc(N2CCCCC2)cc(N2CCCC2)n1. The molecule has 7 nitrogen and oxygen atoms in total. The summed E-state index contributed by atoms with van der Waals surface area (Å²) in [5.74, 6) is 2.55. The number of nitrogens with zero attached hydrogens (tertiary/aromatic N) is 5. The third-order valence-corrected chi connectivity index (χ3v) is 5.46. The minimum Gasteiger partial charge on any atom is -0.358 e. The second-order valence-corrected chi connectivity index (χ2v) is 7.73. The molecule has 2 saturated heterocycles. The maximum atomic E-state index is 5.46. The van der Waals surface area contributed by atoms with Crippen molar-refractivity contribution in [3.8, 4) is 0 Å². The molecule has 148 valence electrons. The molecule has 0 atom stereocenters. The minimum absolute atomic E-state index is 0.520. The first-order chi connectivity index (χ1) is 13.8. The van der Waals surface area contributed by atoms with Gasteiger partial charge in [0.15, 0.2) is 5.11 Å². The Kier molecular flexibility index (Phi) is 6.16. The number of thiocarbonyl (C=S) groups is 1. The average Bonchev–Trinajstić information content (AvgIpc) is 3.28. The van der Waals surface area contributed by atoms with Crippen molar-refractivity contribution in [3.05, 3.63) is 36.2 Å². The van der Waals surface area contributed by atoms with Crippen LogP contribution in [0.15, 0.2) is 30.6 Å². The number of anilines is 3. The normalized spacial score (nSPS) is 16.9. The van der Waals surface area contributed by atoms with Crippen LogP contribution < -0.4 is 20.4 Å². The van der Waals surface area contributed by atoms with Crippen LogP contribution in [0.5, 0.6) is 0 Å². The second-order valence-electron chi connectivity index (χ2n) is 7.32. The van der Waals surface area contributed by atoms with Gasteiger partial charge < -0.3 is 20.4 Å². The van der Waals surface area contributed by atoms with Gasteiger partial charge in [-0.15, -0.1) is 0 Å². The van der Waals surface area contributed by atoms with Crippen LogP contribution in [0, 0.1) is 0 Å². The average molecular weight is 398 g/mol. The molecule has 0 unspecified atom stereocenters. The van der Waals surface area contributed by atoms with Crippen LogP contribution in [0.2, 0.25) is 0 Å². The van der Waals surface area contributed by atoms with Crippen molar-refractivity contribution in [2.24, 2.45) is 0 Å². The third-order valence-electron chi connectivity index (χ3n) is 5.21. The van der Waals surface area contributed by atoms with E-state index in [1.807, 2.05) is 18.3 Å². The van der Waals surface area contributed by atoms with Crippen molar-refractivity contribution in [1.82, 2.24) is 20.3 Å². The fourth-order valence-electron chi connectivity index (χ4n) is 3.70. The van der Waals surface area contributed by atoms with E-state index in [1.54, 1.807) is 6.20 Å². The molecule has 0 aliphatic carbocycles. The van der Waals surface area contributed by atoms with Crippen molar-refractivity contribution in [1.29, 1.82) is 0 Å². The molecule has 2 N–H and O–H groups in total. The first-order valence-electron chi connectivity index (χ1n) is 10.1. The zero-order chi connectivity index (χ0) is 19.2. The Morgan fingerprint density at radius 3 is 2.21 bits per heavy atom. The van der Waals surface area contributed by atoms with Crippen molar-refractivity contribution >= 4 is 34.9 Å². The molecular formula is C20H27N7S. The Morgan fingerprint density at radius 2 is 1.61 bits per heavy atom. The standard InChI is InChI=1S/C20H27N7S/c28-20(22-15-16-7-6-8-21-14-16)25-19-23-17(26-9-2-1-3-10-26)13-18(24-19)27-11-4-5-12-27/h6-8,13-14H,1-5,9-12,15H2,(H2,22,23,24,25,28). The largest absolute Gasteiger partial charge is 0.358 e. The van der Waals surface area contributed by atoms with E-state index in [9.17, 15) is 0 Å². The molecule has 0 amide bonds. The highest BCUT2D eigenvalue weighted by molar-refractivity contribution is 7.80. The summed E-state index contributed by atoms with van der Waals surface area (Å²) in [6.07, 6.45) is 9.77. The van der Waals surface area contributed by atoms with Gasteiger partial charge in [0, 0.05) is 51.2 Å². The van der Waals surface area contributed by atoms with Gasteiger partial charge in [-0.3, -0.25) is 4.98 Å². The molecule has 2 aliphatic rings. The fraction of sp³-hybridized carbons (Fsp3) is 0.500. The van der Waals surface area contributed by atoms with Gasteiger partial charge in [-0.2, -0.15) is 9.97 Å². The smallest absolute Gasteiger partial charge is 0.232 e. The number of aromatic nitrogens is 3. The van der Waals surface area contributed by atoms with E-state index >= 15 is 0 Å². The van der Waals surface area contributed by atoms with Gasteiger partial charge in [0.05, 0.1) is 0 Å². The molecule has 2 aromatic rings. The molecular weight excluding hydrogens is 370 g/mol. The first kappa shape index (κ1) is 18.9. The molecule has 0 bridgehead atoms. The van der Waals surface area contributed by atoms with E-state index < -0.39 is 0 Å². The summed E-state index contributed by atoms with van der Waals surface area (Å²) in [5.41, 5.74) is 1.08. The number of hydrogen-bond acceptors (Lipinski definition) is 6. The molecule has 0 radical (unpaired) electrons. The van der Waals surface area contributed by atoms with Crippen LogP contribution in [0.25, 0.3) is 0 Å². The summed E-state index contributed by atoms with van der Waals surface area (Å²) in [4.78, 5) is 18.3. The lowest BCUT2D eigenvalue weighted by Crippen LogP contribution is -2.32. The zero-order valence-corrected chi connectivity index (χ0v) is 16.9. The Balaban J connectivity index is 1.47. The number of piperidine rings is 1. The van der Waals surface area contributed by atoms with Crippen LogP contribution in [0.1, 0.15) is 37.7 Å². The summed E-state index contributed by atoms with van der Waals surface area (Å²) in [6, 6.07) is 6.07. The van der Waals surface area contributed by atoms with E-state index in [-0.39, 0.29) is 0 Å². The van der Waals surface area contributed by atoms with Crippen molar-refractivity contribution < 1.29 is 0 Å². The number of nitrogens with one attached hydrogen (secondary N) is 2. The van der Waals surface area contributed by atoms with Crippen LogP contribution in [-0.4, -0.2) is 46.2 Å². The number of hydrogen-bond donors (Lipinski definition) is 2. The van der Waals surface area contributed by atoms with Gasteiger partial charge >= 0.3 is 0 Å². The maximum Gasteiger partial charge on any atom is 0.232 e. The lowest BCUT2D eigenvalue weighted by molar-refractivity contribution is 0.573. The summed E-state index contributed by atoms with van der Waals surface area (Å²) < 4.78 is 0. The van der Waals surface area contributed by atoms with Crippen LogP contribution in [0.3, 0.4) is 0 Å². The Morgan fingerprint density at radius 1 is 0.964 bits per heavy atom. The molecule has 2 aliphatic heterocycles. The second kappa shape index (κ2) is 9.14. The monoisotopic (exact) mass is 397 g/mol. The molecule has 2 aromatic heterocycles. The molecule has 4 rings (SSSR count). The van der Waals surface area contributed by atoms with Gasteiger partial charge in [-0.25, -0.2) is 0 Å². The number of pyridine rings is 1. The molecule has 0 aromatic carbocycles. The van der Waals surface area contributed by atoms with Crippen LogP contribution in [-0.2, 0) is 6.54 Å². The highest BCUT2D eigenvalue weighted by Gasteiger charge is 2.19.